The smallest absolute Gasteiger partial charge is 0.378 e. The maximum Gasteiger partial charge on any atom is 0.394 e. The zero-order valence-electron chi connectivity index (χ0n) is 21.6. The van der Waals surface area contributed by atoms with Crippen LogP contribution in [0.25, 0.3) is 32.5 Å². The molecule has 2 aliphatic rings. The van der Waals surface area contributed by atoms with Gasteiger partial charge in [0.1, 0.15) is 0 Å². The topological polar surface area (TPSA) is 182 Å². The van der Waals surface area contributed by atoms with Gasteiger partial charge < -0.3 is 9.64 Å². The van der Waals surface area contributed by atoms with Crippen LogP contribution < -0.4 is 4.90 Å². The molecule has 0 amide bonds. The largest absolute Gasteiger partial charge is 0.394 e. The molecule has 0 bridgehead atoms. The minimum absolute atomic E-state index is 0.529. The van der Waals surface area contributed by atoms with Gasteiger partial charge in [0.25, 0.3) is 0 Å². The molecule has 0 atom stereocenters. The summed E-state index contributed by atoms with van der Waals surface area (Å²) in [6.07, 6.45) is 3.10. The van der Waals surface area contributed by atoms with Gasteiger partial charge in [0.05, 0.1) is 41.4 Å². The van der Waals surface area contributed by atoms with E-state index in [1.165, 1.54) is 11.1 Å². The summed E-state index contributed by atoms with van der Waals surface area (Å²) in [5.41, 5.74) is 2.85. The van der Waals surface area contributed by atoms with Crippen LogP contribution >= 0.6 is 11.3 Å². The highest BCUT2D eigenvalue weighted by Crippen LogP contribution is 2.36. The summed E-state index contributed by atoms with van der Waals surface area (Å²) in [7, 11) is -7.80. The van der Waals surface area contributed by atoms with E-state index in [0.717, 1.165) is 65.2 Å². The van der Waals surface area contributed by atoms with Crippen LogP contribution in [0, 0.1) is 0 Å². The Morgan fingerprint density at radius 2 is 1.73 bits per heavy atom. The van der Waals surface area contributed by atoms with Crippen LogP contribution in [0.3, 0.4) is 0 Å². The van der Waals surface area contributed by atoms with Crippen LogP contribution in [-0.2, 0) is 31.7 Å². The molecule has 1 aromatic carbocycles. The molecular weight excluding hydrogens is 582 g/mol. The van der Waals surface area contributed by atoms with Crippen molar-refractivity contribution in [2.75, 3.05) is 63.6 Å². The molecule has 0 unspecified atom stereocenters. The second-order valence-corrected chi connectivity index (χ2v) is 13.4. The van der Waals surface area contributed by atoms with Crippen molar-refractivity contribution < 1.29 is 30.7 Å². The van der Waals surface area contributed by atoms with Crippen molar-refractivity contribution in [2.24, 2.45) is 0 Å². The first-order valence-corrected chi connectivity index (χ1v) is 16.4. The molecule has 2 aliphatic heterocycles. The maximum absolute atomic E-state index is 11.8. The van der Waals surface area contributed by atoms with Gasteiger partial charge in [0, 0.05) is 61.6 Å². The second kappa shape index (κ2) is 11.6. The van der Waals surface area contributed by atoms with Gasteiger partial charge in [-0.15, -0.1) is 11.3 Å². The predicted octanol–water partition coefficient (Wildman–Crippen LogP) is 1.50. The van der Waals surface area contributed by atoms with Crippen LogP contribution in [-0.4, -0.2) is 114 Å². The number of benzene rings is 1. The van der Waals surface area contributed by atoms with Gasteiger partial charge in [-0.2, -0.15) is 17.8 Å². The predicted molar refractivity (Wildman–Crippen MR) is 151 cm³/mol. The van der Waals surface area contributed by atoms with E-state index in [-0.39, 0.29) is 0 Å². The van der Waals surface area contributed by atoms with Crippen molar-refractivity contribution in [2.45, 2.75) is 6.54 Å². The third-order valence-corrected chi connectivity index (χ3v) is 9.03. The lowest BCUT2D eigenvalue weighted by Crippen LogP contribution is -2.47. The number of aromatic amines is 1. The zero-order chi connectivity index (χ0) is 28.5. The SMILES string of the molecule is CS(=O)(=O)N1CCN(Cc2cc3nc(-c4cccc5[nH]ncc45)nc(N4CCOCC4)c3s2)CC1.O=S(=O)(O)O. The summed E-state index contributed by atoms with van der Waals surface area (Å²) >= 11 is 1.73. The highest BCUT2D eigenvalue weighted by Gasteiger charge is 2.25. The van der Waals surface area contributed by atoms with E-state index >= 15 is 0 Å². The van der Waals surface area contributed by atoms with Crippen molar-refractivity contribution in [3.8, 4) is 11.4 Å². The number of nitrogens with zero attached hydrogens (tertiary/aromatic N) is 6. The molecule has 0 aliphatic carbocycles. The standard InChI is InChI=1S/C23H27N7O3S2.H2O4S/c1-35(31,32)30-7-5-28(6-8-30)15-16-13-20-21(34-16)23(29-9-11-33-12-10-29)26-22(25-20)17-3-2-4-19-18(17)14-24-27-19;1-5(2,3)4/h2-4,13-14H,5-12,15H2,1H3,(H,24,27);(H2,1,2,3,4). The van der Waals surface area contributed by atoms with Crippen LogP contribution in [0.15, 0.2) is 30.5 Å². The maximum atomic E-state index is 11.8. The second-order valence-electron chi connectivity index (χ2n) is 9.42. The van der Waals surface area contributed by atoms with Crippen molar-refractivity contribution in [1.82, 2.24) is 29.4 Å². The minimum atomic E-state index is -4.67. The van der Waals surface area contributed by atoms with Crippen molar-refractivity contribution in [3.05, 3.63) is 35.3 Å². The molecule has 5 heterocycles. The van der Waals surface area contributed by atoms with Gasteiger partial charge in [-0.25, -0.2) is 18.4 Å². The Bertz CT molecular complexity index is 1700. The van der Waals surface area contributed by atoms with E-state index in [1.54, 1.807) is 15.6 Å². The summed E-state index contributed by atoms with van der Waals surface area (Å²) < 4.78 is 63.5. The van der Waals surface area contributed by atoms with Gasteiger partial charge in [-0.1, -0.05) is 12.1 Å². The lowest BCUT2D eigenvalue weighted by molar-refractivity contribution is 0.122. The lowest BCUT2D eigenvalue weighted by Gasteiger charge is -2.32. The quantitative estimate of drug-likeness (QED) is 0.277. The van der Waals surface area contributed by atoms with Gasteiger partial charge in [0.2, 0.25) is 10.0 Å². The molecule has 0 spiro atoms. The third kappa shape index (κ3) is 6.92. The van der Waals surface area contributed by atoms with Crippen LogP contribution in [0.1, 0.15) is 4.88 Å². The first-order chi connectivity index (χ1) is 19.0. The number of ether oxygens (including phenoxy) is 1. The van der Waals surface area contributed by atoms with E-state index in [0.29, 0.717) is 32.1 Å². The fourth-order valence-corrected chi connectivity index (χ4v) is 6.74. The van der Waals surface area contributed by atoms with Gasteiger partial charge in [0.15, 0.2) is 11.6 Å². The Morgan fingerprint density at radius 1 is 1.02 bits per heavy atom. The molecule has 4 aromatic rings. The number of thiophene rings is 1. The fourth-order valence-electron chi connectivity index (χ4n) is 4.75. The molecule has 2 saturated heterocycles. The number of aromatic nitrogens is 4. The van der Waals surface area contributed by atoms with Crippen LogP contribution in [0.5, 0.6) is 0 Å². The van der Waals surface area contributed by atoms with Crippen molar-refractivity contribution in [1.29, 1.82) is 0 Å². The molecule has 0 radical (unpaired) electrons. The van der Waals surface area contributed by atoms with Gasteiger partial charge >= 0.3 is 10.4 Å². The first-order valence-electron chi connectivity index (χ1n) is 12.4. The van der Waals surface area contributed by atoms with Crippen LogP contribution in [0.4, 0.5) is 5.82 Å². The molecule has 6 rings (SSSR count). The van der Waals surface area contributed by atoms with E-state index in [1.807, 2.05) is 24.4 Å². The van der Waals surface area contributed by atoms with E-state index in [4.69, 9.17) is 32.2 Å². The van der Waals surface area contributed by atoms with E-state index in [2.05, 4.69) is 26.1 Å². The summed E-state index contributed by atoms with van der Waals surface area (Å²) in [6, 6.07) is 8.19. The van der Waals surface area contributed by atoms with E-state index in [9.17, 15) is 8.42 Å². The van der Waals surface area contributed by atoms with Crippen molar-refractivity contribution in [3.63, 3.8) is 0 Å². The van der Waals surface area contributed by atoms with Gasteiger partial charge in [-0.3, -0.25) is 19.1 Å². The summed E-state index contributed by atoms with van der Waals surface area (Å²) in [6.45, 7) is 6.22. The number of piperazine rings is 1. The molecule has 40 heavy (non-hydrogen) atoms. The number of hydrogen-bond donors (Lipinski definition) is 3. The number of H-pyrrole nitrogens is 1. The molecule has 2 fully saturated rings. The number of morpholine rings is 1. The lowest BCUT2D eigenvalue weighted by atomic mass is 10.1. The number of sulfonamides is 1. The Labute approximate surface area is 235 Å². The monoisotopic (exact) mass is 611 g/mol. The number of rotatable bonds is 5. The Morgan fingerprint density at radius 3 is 2.40 bits per heavy atom. The first kappa shape index (κ1) is 28.7. The third-order valence-electron chi connectivity index (χ3n) is 6.62. The zero-order valence-corrected chi connectivity index (χ0v) is 24.0. The Hall–Kier alpha value is -2.77. The normalized spacial score (nSPS) is 17.7. The molecule has 3 aromatic heterocycles. The number of nitrogens with one attached hydrogen (secondary N) is 1. The van der Waals surface area contributed by atoms with Crippen LogP contribution in [0.2, 0.25) is 0 Å². The van der Waals surface area contributed by atoms with E-state index < -0.39 is 20.4 Å². The number of hydrogen-bond acceptors (Lipinski definition) is 11. The Balaban J connectivity index is 0.000000595. The average molecular weight is 612 g/mol. The summed E-state index contributed by atoms with van der Waals surface area (Å²) in [4.78, 5) is 15.8. The highest BCUT2D eigenvalue weighted by molar-refractivity contribution is 7.88. The number of anilines is 1. The highest BCUT2D eigenvalue weighted by atomic mass is 32.3. The molecule has 3 N–H and O–H groups in total. The molecule has 17 heteroatoms. The molecule has 14 nitrogen and oxygen atoms in total. The molecular formula is C23H29N7O7S3. The minimum Gasteiger partial charge on any atom is -0.378 e. The fraction of sp³-hybridized carbons (Fsp3) is 0.435. The molecule has 216 valence electrons. The van der Waals surface area contributed by atoms with Gasteiger partial charge in [-0.05, 0) is 12.1 Å². The summed E-state index contributed by atoms with van der Waals surface area (Å²) in [5.74, 6) is 1.64. The number of fused-ring (bicyclic) bond motifs is 2. The molecule has 0 saturated carbocycles. The summed E-state index contributed by atoms with van der Waals surface area (Å²) in [5, 5.41) is 8.23. The van der Waals surface area contributed by atoms with Crippen molar-refractivity contribution >= 4 is 58.7 Å². The Kier molecular flexibility index (Phi) is 8.35. The average Bonchev–Trinajstić information content (AvgIpc) is 3.54.